The molecule has 0 spiro atoms. The molecule has 0 saturated heterocycles. The first-order valence-corrected chi connectivity index (χ1v) is 19.2. The number of rotatable bonds is 4. The van der Waals surface area contributed by atoms with Crippen LogP contribution in [0.25, 0.3) is 121 Å². The Morgan fingerprint density at radius 2 is 0.732 bits per heavy atom. The van der Waals surface area contributed by atoms with Gasteiger partial charge in [0.1, 0.15) is 22.3 Å². The molecular weight excluding hydrogens is 681 g/mol. The van der Waals surface area contributed by atoms with Crippen LogP contribution in [0, 0.1) is 0 Å². The minimum Gasteiger partial charge on any atom is -0.455 e. The Morgan fingerprint density at radius 3 is 1.39 bits per heavy atom. The summed E-state index contributed by atoms with van der Waals surface area (Å²) in [5.74, 6) is 0. The lowest BCUT2D eigenvalue weighted by atomic mass is 9.84. The van der Waals surface area contributed by atoms with E-state index < -0.39 is 0 Å². The molecular formula is C54H32O2. The van der Waals surface area contributed by atoms with Crippen LogP contribution in [0.4, 0.5) is 0 Å². The highest BCUT2D eigenvalue weighted by molar-refractivity contribution is 6.23. The molecule has 0 fully saturated rings. The van der Waals surface area contributed by atoms with Crippen molar-refractivity contribution in [3.8, 4) is 44.5 Å². The topological polar surface area (TPSA) is 26.3 Å². The second-order valence-corrected chi connectivity index (χ2v) is 14.7. The lowest BCUT2D eigenvalue weighted by Gasteiger charge is -2.19. The highest BCUT2D eigenvalue weighted by Crippen LogP contribution is 2.48. The molecule has 0 unspecified atom stereocenters. The molecule has 0 radical (unpaired) electrons. The van der Waals surface area contributed by atoms with Crippen LogP contribution in [-0.2, 0) is 0 Å². The molecule has 2 heteroatoms. The molecule has 10 aromatic carbocycles. The molecule has 2 aromatic heterocycles. The third-order valence-electron chi connectivity index (χ3n) is 11.6. The summed E-state index contributed by atoms with van der Waals surface area (Å²) >= 11 is 0. The van der Waals surface area contributed by atoms with E-state index in [-0.39, 0.29) is 0 Å². The van der Waals surface area contributed by atoms with E-state index in [1.54, 1.807) is 0 Å². The summed E-state index contributed by atoms with van der Waals surface area (Å²) in [6.45, 7) is 0. The fraction of sp³-hybridized carbons (Fsp3) is 0. The van der Waals surface area contributed by atoms with Crippen LogP contribution < -0.4 is 0 Å². The quantitative estimate of drug-likeness (QED) is 0.170. The molecule has 0 aliphatic heterocycles. The lowest BCUT2D eigenvalue weighted by molar-refractivity contribution is 0.665. The van der Waals surface area contributed by atoms with E-state index in [2.05, 4.69) is 176 Å². The summed E-state index contributed by atoms with van der Waals surface area (Å²) in [6.07, 6.45) is 0. The maximum Gasteiger partial charge on any atom is 0.143 e. The molecule has 0 atom stereocenters. The molecule has 0 bridgehead atoms. The number of furan rings is 2. The molecule has 2 heterocycles. The van der Waals surface area contributed by atoms with Crippen LogP contribution in [0.15, 0.2) is 203 Å². The van der Waals surface area contributed by atoms with E-state index in [0.29, 0.717) is 0 Å². The Balaban J connectivity index is 1.18. The van der Waals surface area contributed by atoms with Crippen LogP contribution in [0.2, 0.25) is 0 Å². The van der Waals surface area contributed by atoms with Crippen molar-refractivity contribution in [1.29, 1.82) is 0 Å². The highest BCUT2D eigenvalue weighted by atomic mass is 16.3. The van der Waals surface area contributed by atoms with Crippen LogP contribution >= 0.6 is 0 Å². The SMILES string of the molecule is c1ccc(-c2c3ccccc3c(-c3cc(-c4cc(-c5cccc6c5oc5ccccc56)c5oc6ccccc6c5c4)c4ccccc4c3)c3ccccc23)cc1. The van der Waals surface area contributed by atoms with Gasteiger partial charge in [0, 0.05) is 32.7 Å². The summed E-state index contributed by atoms with van der Waals surface area (Å²) in [6, 6.07) is 69.9. The van der Waals surface area contributed by atoms with Gasteiger partial charge in [-0.05, 0) is 102 Å². The number of hydrogen-bond acceptors (Lipinski definition) is 2. The number of para-hydroxylation sites is 3. The Kier molecular flexibility index (Phi) is 6.66. The summed E-state index contributed by atoms with van der Waals surface area (Å²) in [4.78, 5) is 0. The van der Waals surface area contributed by atoms with Crippen LogP contribution in [0.5, 0.6) is 0 Å². The maximum atomic E-state index is 6.73. The predicted molar refractivity (Wildman–Crippen MR) is 235 cm³/mol. The van der Waals surface area contributed by atoms with Crippen LogP contribution in [0.1, 0.15) is 0 Å². The molecule has 12 rings (SSSR count). The van der Waals surface area contributed by atoms with E-state index in [9.17, 15) is 0 Å². The molecule has 0 saturated carbocycles. The Labute approximate surface area is 322 Å². The summed E-state index contributed by atoms with van der Waals surface area (Å²) in [5.41, 5.74) is 12.7. The van der Waals surface area contributed by atoms with Gasteiger partial charge in [0.05, 0.1) is 0 Å². The monoisotopic (exact) mass is 712 g/mol. The molecule has 0 aliphatic rings. The van der Waals surface area contributed by atoms with E-state index in [0.717, 1.165) is 60.6 Å². The van der Waals surface area contributed by atoms with Gasteiger partial charge in [-0.25, -0.2) is 0 Å². The van der Waals surface area contributed by atoms with Gasteiger partial charge >= 0.3 is 0 Å². The first kappa shape index (κ1) is 31.0. The lowest BCUT2D eigenvalue weighted by Crippen LogP contribution is -1.92. The first-order valence-electron chi connectivity index (χ1n) is 19.2. The predicted octanol–water partition coefficient (Wildman–Crippen LogP) is 15.6. The fourth-order valence-corrected chi connectivity index (χ4v) is 9.19. The summed E-state index contributed by atoms with van der Waals surface area (Å²) < 4.78 is 13.4. The van der Waals surface area contributed by atoms with Crippen molar-refractivity contribution in [1.82, 2.24) is 0 Å². The van der Waals surface area contributed by atoms with E-state index in [4.69, 9.17) is 8.83 Å². The Bertz CT molecular complexity index is 3470. The minimum atomic E-state index is 0.858. The standard InChI is InChI=1S/C54H32O2/c1-2-15-33(16-3-1)51-40-21-6-8-23-42(40)52(43-24-9-7-22-41(43)51)36-29-34-17-4-5-18-37(34)46(32-36)35-30-47-39-20-11-13-28-50(39)56-54(47)48(31-35)45-26-14-25-44-38-19-10-12-27-49(38)55-53(44)45/h1-32H. The van der Waals surface area contributed by atoms with Crippen molar-refractivity contribution < 1.29 is 8.83 Å². The van der Waals surface area contributed by atoms with Gasteiger partial charge in [-0.3, -0.25) is 0 Å². The average molecular weight is 713 g/mol. The molecule has 0 amide bonds. The van der Waals surface area contributed by atoms with Crippen molar-refractivity contribution in [2.45, 2.75) is 0 Å². The first-order chi connectivity index (χ1) is 27.8. The molecule has 260 valence electrons. The summed E-state index contributed by atoms with van der Waals surface area (Å²) in [7, 11) is 0. The van der Waals surface area contributed by atoms with Gasteiger partial charge in [0.2, 0.25) is 0 Å². The van der Waals surface area contributed by atoms with Gasteiger partial charge < -0.3 is 8.83 Å². The van der Waals surface area contributed by atoms with Crippen molar-refractivity contribution >= 4 is 76.2 Å². The third kappa shape index (κ3) is 4.57. The van der Waals surface area contributed by atoms with Crippen molar-refractivity contribution in [3.05, 3.63) is 194 Å². The van der Waals surface area contributed by atoms with Gasteiger partial charge in [0.25, 0.3) is 0 Å². The van der Waals surface area contributed by atoms with Crippen molar-refractivity contribution in [3.63, 3.8) is 0 Å². The number of benzene rings is 10. The van der Waals surface area contributed by atoms with Crippen LogP contribution in [-0.4, -0.2) is 0 Å². The zero-order chi connectivity index (χ0) is 36.7. The van der Waals surface area contributed by atoms with E-state index in [1.807, 2.05) is 18.2 Å². The normalized spacial score (nSPS) is 11.9. The Hall–Kier alpha value is -7.42. The van der Waals surface area contributed by atoms with Crippen molar-refractivity contribution in [2.24, 2.45) is 0 Å². The zero-order valence-electron chi connectivity index (χ0n) is 30.3. The zero-order valence-corrected chi connectivity index (χ0v) is 30.3. The van der Waals surface area contributed by atoms with Gasteiger partial charge in [-0.2, -0.15) is 0 Å². The third-order valence-corrected chi connectivity index (χ3v) is 11.6. The molecule has 0 aliphatic carbocycles. The van der Waals surface area contributed by atoms with Crippen molar-refractivity contribution in [2.75, 3.05) is 0 Å². The molecule has 2 nitrogen and oxygen atoms in total. The molecule has 0 N–H and O–H groups in total. The fourth-order valence-electron chi connectivity index (χ4n) is 9.19. The molecule has 56 heavy (non-hydrogen) atoms. The van der Waals surface area contributed by atoms with Crippen LogP contribution in [0.3, 0.4) is 0 Å². The number of fused-ring (bicyclic) bond motifs is 9. The second-order valence-electron chi connectivity index (χ2n) is 14.7. The smallest absolute Gasteiger partial charge is 0.143 e. The number of hydrogen-bond donors (Lipinski definition) is 0. The van der Waals surface area contributed by atoms with Gasteiger partial charge in [-0.1, -0.05) is 158 Å². The summed E-state index contributed by atoms with van der Waals surface area (Å²) in [5, 5.41) is 11.7. The largest absolute Gasteiger partial charge is 0.455 e. The van der Waals surface area contributed by atoms with E-state index in [1.165, 1.54) is 60.1 Å². The van der Waals surface area contributed by atoms with Gasteiger partial charge in [-0.15, -0.1) is 0 Å². The molecule has 12 aromatic rings. The average Bonchev–Trinajstić information content (AvgIpc) is 3.84. The second kappa shape index (κ2) is 12.0. The highest BCUT2D eigenvalue weighted by Gasteiger charge is 2.22. The van der Waals surface area contributed by atoms with E-state index >= 15 is 0 Å². The maximum absolute atomic E-state index is 6.73. The minimum absolute atomic E-state index is 0.858. The Morgan fingerprint density at radius 1 is 0.250 bits per heavy atom. The van der Waals surface area contributed by atoms with Gasteiger partial charge in [0.15, 0.2) is 0 Å².